The summed E-state index contributed by atoms with van der Waals surface area (Å²) in [5, 5.41) is 5.88. The summed E-state index contributed by atoms with van der Waals surface area (Å²) >= 11 is 0.426. The first-order valence-corrected chi connectivity index (χ1v) is 4.12. The van der Waals surface area contributed by atoms with Gasteiger partial charge < -0.3 is 10.5 Å². The van der Waals surface area contributed by atoms with Crippen LogP contribution in [0, 0.1) is 5.41 Å². The van der Waals surface area contributed by atoms with Gasteiger partial charge in [-0.2, -0.15) is 0 Å². The second kappa shape index (κ2) is 5.36. The third-order valence-corrected chi connectivity index (χ3v) is 1.51. The van der Waals surface area contributed by atoms with Crippen LogP contribution in [0.4, 0.5) is 4.79 Å². The number of nitrogens with one attached hydrogen (secondary N) is 1. The van der Waals surface area contributed by atoms with E-state index in [1.54, 1.807) is 0 Å². The van der Waals surface area contributed by atoms with Crippen molar-refractivity contribution in [3.63, 3.8) is 0 Å². The van der Waals surface area contributed by atoms with Crippen LogP contribution in [0.25, 0.3) is 0 Å². The molecule has 0 atom stereocenters. The number of ether oxygens (including phenoxy) is 1. The Morgan fingerprint density at radius 1 is 1.62 bits per heavy atom. The van der Waals surface area contributed by atoms with E-state index in [9.17, 15) is 9.59 Å². The Hall–Kier alpha value is -1.30. The van der Waals surface area contributed by atoms with E-state index >= 15 is 0 Å². The molecule has 0 unspecified atom stereocenters. The molecule has 5 nitrogen and oxygen atoms in total. The third kappa shape index (κ3) is 5.92. The molecule has 13 heavy (non-hydrogen) atoms. The summed E-state index contributed by atoms with van der Waals surface area (Å²) in [6.07, 6.45) is 0. The minimum atomic E-state index is -0.743. The molecule has 0 aliphatic heterocycles. The predicted molar refractivity (Wildman–Crippen MR) is 50.7 cm³/mol. The first-order chi connectivity index (χ1) is 5.93. The number of Topliss-reactive ketones (excluding diaryl/α,β-unsaturated/α-hetero) is 1. The fraction of sp³-hybridized carbons (Fsp3) is 0.286. The second-order valence-electron chi connectivity index (χ2n) is 2.20. The van der Waals surface area contributed by atoms with Gasteiger partial charge in [-0.15, -0.1) is 0 Å². The van der Waals surface area contributed by atoms with Crippen LogP contribution in [0.1, 0.15) is 6.92 Å². The zero-order chi connectivity index (χ0) is 10.4. The summed E-state index contributed by atoms with van der Waals surface area (Å²) in [5.41, 5.74) is 5.10. The molecule has 0 aromatic rings. The predicted octanol–water partition coefficient (Wildman–Crippen LogP) is 0.895. The van der Waals surface area contributed by atoms with Crippen LogP contribution in [0.5, 0.6) is 0 Å². The molecule has 0 saturated carbocycles. The Labute approximate surface area is 79.8 Å². The normalized spacial score (nSPS) is 9.00. The number of ketones is 1. The van der Waals surface area contributed by atoms with Crippen molar-refractivity contribution >= 4 is 28.0 Å². The molecule has 1 amide bonds. The van der Waals surface area contributed by atoms with Crippen LogP contribution in [0.2, 0.25) is 0 Å². The van der Waals surface area contributed by atoms with Gasteiger partial charge in [0.2, 0.25) is 0 Å². The number of carbonyl (C=O) groups is 2. The lowest BCUT2D eigenvalue weighted by Crippen LogP contribution is -2.14. The lowest BCUT2D eigenvalue weighted by atomic mass is 10.2. The number of hydrogen-bond donors (Lipinski definition) is 2. The highest BCUT2D eigenvalue weighted by atomic mass is 32.2. The number of amides is 1. The molecule has 0 rings (SSSR count). The maximum atomic E-state index is 10.9. The van der Waals surface area contributed by atoms with E-state index in [0.29, 0.717) is 17.3 Å². The average molecular weight is 202 g/mol. The average Bonchev–Trinajstić information content (AvgIpc) is 1.98. The minimum Gasteiger partial charge on any atom is -0.464 e. The molecule has 0 aliphatic rings. The van der Waals surface area contributed by atoms with Gasteiger partial charge in [0.15, 0.2) is 12.4 Å². The number of primary amides is 1. The standard InChI is InChI=1S/C7H10N2O3S/c1-4(2)5(10)3-12-7(9)13-6(8)11/h9H,1,3H2,2H3,(H2,8,11). The van der Waals surface area contributed by atoms with Gasteiger partial charge in [0.05, 0.1) is 0 Å². The largest absolute Gasteiger partial charge is 0.464 e. The van der Waals surface area contributed by atoms with Gasteiger partial charge in [0, 0.05) is 11.8 Å². The smallest absolute Gasteiger partial charge is 0.285 e. The summed E-state index contributed by atoms with van der Waals surface area (Å²) < 4.78 is 4.61. The molecule has 3 N–H and O–H groups in total. The Bertz CT molecular complexity index is 262. The van der Waals surface area contributed by atoms with Crippen LogP contribution in [-0.2, 0) is 9.53 Å². The molecule has 0 aliphatic carbocycles. The van der Waals surface area contributed by atoms with Crippen molar-refractivity contribution in [1.82, 2.24) is 0 Å². The van der Waals surface area contributed by atoms with Crippen molar-refractivity contribution < 1.29 is 14.3 Å². The highest BCUT2D eigenvalue weighted by molar-refractivity contribution is 8.25. The SMILES string of the molecule is C=C(C)C(=O)COC(=N)SC(N)=O. The van der Waals surface area contributed by atoms with Gasteiger partial charge in [-0.25, -0.2) is 0 Å². The Balaban J connectivity index is 3.77. The molecule has 0 fully saturated rings. The van der Waals surface area contributed by atoms with Crippen LogP contribution in [0.3, 0.4) is 0 Å². The van der Waals surface area contributed by atoms with Crippen molar-refractivity contribution in [3.05, 3.63) is 12.2 Å². The van der Waals surface area contributed by atoms with Crippen LogP contribution in [-0.4, -0.2) is 22.9 Å². The summed E-state index contributed by atoms with van der Waals surface area (Å²) in [6, 6.07) is 0. The first-order valence-electron chi connectivity index (χ1n) is 3.31. The van der Waals surface area contributed by atoms with Gasteiger partial charge in [-0.3, -0.25) is 15.0 Å². The molecule has 0 aromatic heterocycles. The molecule has 72 valence electrons. The lowest BCUT2D eigenvalue weighted by molar-refractivity contribution is -0.117. The minimum absolute atomic E-state index is 0.283. The van der Waals surface area contributed by atoms with E-state index < -0.39 is 5.24 Å². The maximum Gasteiger partial charge on any atom is 0.285 e. The maximum absolute atomic E-state index is 10.9. The highest BCUT2D eigenvalue weighted by Gasteiger charge is 2.07. The Morgan fingerprint density at radius 3 is 2.54 bits per heavy atom. The van der Waals surface area contributed by atoms with E-state index in [1.165, 1.54) is 6.92 Å². The number of thioether (sulfide) groups is 1. The third-order valence-electron chi connectivity index (χ3n) is 1.00. The fourth-order valence-electron chi connectivity index (χ4n) is 0.375. The van der Waals surface area contributed by atoms with Crippen LogP contribution < -0.4 is 5.73 Å². The highest BCUT2D eigenvalue weighted by Crippen LogP contribution is 2.03. The van der Waals surface area contributed by atoms with Gasteiger partial charge in [0.25, 0.3) is 10.5 Å². The lowest BCUT2D eigenvalue weighted by Gasteiger charge is -2.03. The van der Waals surface area contributed by atoms with Crippen LogP contribution in [0.15, 0.2) is 12.2 Å². The van der Waals surface area contributed by atoms with E-state index in [0.717, 1.165) is 0 Å². The topological polar surface area (TPSA) is 93.2 Å². The fourth-order valence-corrected chi connectivity index (χ4v) is 0.676. The Kier molecular flexibility index (Phi) is 4.83. The molecular weight excluding hydrogens is 192 g/mol. The zero-order valence-corrected chi connectivity index (χ0v) is 7.94. The number of nitrogens with two attached hydrogens (primary N) is 1. The van der Waals surface area contributed by atoms with E-state index in [-0.39, 0.29) is 17.6 Å². The van der Waals surface area contributed by atoms with Gasteiger partial charge in [-0.05, 0) is 12.5 Å². The molecule has 6 heteroatoms. The number of rotatable bonds is 3. The van der Waals surface area contributed by atoms with E-state index in [4.69, 9.17) is 11.1 Å². The van der Waals surface area contributed by atoms with Crippen molar-refractivity contribution in [2.75, 3.05) is 6.61 Å². The first kappa shape index (κ1) is 11.7. The summed E-state index contributed by atoms with van der Waals surface area (Å²) in [7, 11) is 0. The van der Waals surface area contributed by atoms with E-state index in [1.807, 2.05) is 0 Å². The molecule has 0 radical (unpaired) electrons. The molecular formula is C7H10N2O3S. The molecule has 0 heterocycles. The molecule has 0 bridgehead atoms. The van der Waals surface area contributed by atoms with Gasteiger partial charge in [-0.1, -0.05) is 6.58 Å². The summed E-state index contributed by atoms with van der Waals surface area (Å²) in [5.74, 6) is -0.310. The van der Waals surface area contributed by atoms with Crippen molar-refractivity contribution in [3.8, 4) is 0 Å². The molecule has 0 spiro atoms. The van der Waals surface area contributed by atoms with Crippen molar-refractivity contribution in [1.29, 1.82) is 5.41 Å². The van der Waals surface area contributed by atoms with Gasteiger partial charge in [0.1, 0.15) is 0 Å². The Morgan fingerprint density at radius 2 is 2.15 bits per heavy atom. The second-order valence-corrected chi connectivity index (χ2v) is 3.18. The summed E-state index contributed by atoms with van der Waals surface area (Å²) in [4.78, 5) is 21.1. The number of hydrogen-bond acceptors (Lipinski definition) is 5. The number of carbonyl (C=O) groups excluding carboxylic acids is 2. The van der Waals surface area contributed by atoms with Crippen molar-refractivity contribution in [2.24, 2.45) is 5.73 Å². The zero-order valence-electron chi connectivity index (χ0n) is 7.12. The van der Waals surface area contributed by atoms with Gasteiger partial charge >= 0.3 is 0 Å². The van der Waals surface area contributed by atoms with E-state index in [2.05, 4.69) is 11.3 Å². The monoisotopic (exact) mass is 202 g/mol. The molecule has 0 aromatic carbocycles. The summed E-state index contributed by atoms with van der Waals surface area (Å²) in [6.45, 7) is 4.65. The molecule has 0 saturated heterocycles. The quantitative estimate of drug-likeness (QED) is 0.404. The van der Waals surface area contributed by atoms with Crippen molar-refractivity contribution in [2.45, 2.75) is 6.92 Å². The van der Waals surface area contributed by atoms with Crippen LogP contribution >= 0.6 is 11.8 Å².